The van der Waals surface area contributed by atoms with Crippen LogP contribution in [0.15, 0.2) is 30.7 Å². The lowest BCUT2D eigenvalue weighted by Crippen LogP contribution is -2.09. The fourth-order valence-corrected chi connectivity index (χ4v) is 1.65. The fraction of sp³-hybridized carbons (Fsp3) is 0.273. The average molecular weight is 252 g/mol. The molecule has 17 heavy (non-hydrogen) atoms. The monoisotopic (exact) mass is 251 g/mol. The lowest BCUT2D eigenvalue weighted by atomic mass is 10.3. The van der Waals surface area contributed by atoms with Gasteiger partial charge in [0.1, 0.15) is 5.82 Å². The molecular formula is C11H14ClN5. The lowest BCUT2D eigenvalue weighted by Gasteiger charge is -2.08. The summed E-state index contributed by atoms with van der Waals surface area (Å²) in [5.41, 5.74) is 6.34. The molecule has 2 aromatic rings. The molecule has 0 aromatic carbocycles. The molecule has 90 valence electrons. The SMILES string of the molecule is Nc1cc(Cl)cnc1NCCCn1cccn1. The normalized spacial score (nSPS) is 10.4. The van der Waals surface area contributed by atoms with Gasteiger partial charge in [0.05, 0.1) is 10.7 Å². The summed E-state index contributed by atoms with van der Waals surface area (Å²) in [4.78, 5) is 4.12. The molecule has 2 aromatic heterocycles. The quantitative estimate of drug-likeness (QED) is 0.798. The zero-order valence-electron chi connectivity index (χ0n) is 9.31. The molecular weight excluding hydrogens is 238 g/mol. The van der Waals surface area contributed by atoms with Crippen molar-refractivity contribution in [3.8, 4) is 0 Å². The van der Waals surface area contributed by atoms with Gasteiger partial charge in [-0.15, -0.1) is 0 Å². The lowest BCUT2D eigenvalue weighted by molar-refractivity contribution is 0.591. The van der Waals surface area contributed by atoms with Crippen LogP contribution in [0.1, 0.15) is 6.42 Å². The number of nitrogens with two attached hydrogens (primary N) is 1. The van der Waals surface area contributed by atoms with E-state index in [9.17, 15) is 0 Å². The maximum atomic E-state index is 5.77. The van der Waals surface area contributed by atoms with Crippen LogP contribution in [0.4, 0.5) is 11.5 Å². The van der Waals surface area contributed by atoms with Gasteiger partial charge in [-0.3, -0.25) is 4.68 Å². The standard InChI is InChI=1S/C11H14ClN5/c12-9-7-10(13)11(15-8-9)14-3-1-5-17-6-2-4-16-17/h2,4,6-8H,1,3,5,13H2,(H,14,15). The van der Waals surface area contributed by atoms with Gasteiger partial charge >= 0.3 is 0 Å². The van der Waals surface area contributed by atoms with Crippen LogP contribution in [0.25, 0.3) is 0 Å². The highest BCUT2D eigenvalue weighted by molar-refractivity contribution is 6.30. The van der Waals surface area contributed by atoms with Crippen molar-refractivity contribution < 1.29 is 0 Å². The largest absolute Gasteiger partial charge is 0.396 e. The number of hydrogen-bond donors (Lipinski definition) is 2. The minimum Gasteiger partial charge on any atom is -0.396 e. The molecule has 0 aliphatic heterocycles. The summed E-state index contributed by atoms with van der Waals surface area (Å²) in [6.07, 6.45) is 6.24. The Morgan fingerprint density at radius 2 is 2.35 bits per heavy atom. The van der Waals surface area contributed by atoms with Crippen LogP contribution in [0.3, 0.4) is 0 Å². The van der Waals surface area contributed by atoms with Crippen molar-refractivity contribution in [2.45, 2.75) is 13.0 Å². The second-order valence-electron chi connectivity index (χ2n) is 3.64. The number of nitrogens with one attached hydrogen (secondary N) is 1. The van der Waals surface area contributed by atoms with Crippen LogP contribution in [0, 0.1) is 0 Å². The third-order valence-corrected chi connectivity index (χ3v) is 2.51. The number of pyridine rings is 1. The first kappa shape index (κ1) is 11.7. The molecule has 0 saturated carbocycles. The van der Waals surface area contributed by atoms with E-state index in [0.29, 0.717) is 16.5 Å². The first-order valence-electron chi connectivity index (χ1n) is 5.38. The zero-order chi connectivity index (χ0) is 12.1. The van der Waals surface area contributed by atoms with Gasteiger partial charge in [0.25, 0.3) is 0 Å². The molecule has 0 radical (unpaired) electrons. The minimum absolute atomic E-state index is 0.546. The zero-order valence-corrected chi connectivity index (χ0v) is 10.1. The Balaban J connectivity index is 1.78. The summed E-state index contributed by atoms with van der Waals surface area (Å²) in [6, 6.07) is 3.59. The van der Waals surface area contributed by atoms with Gasteiger partial charge in [0.15, 0.2) is 0 Å². The number of anilines is 2. The van der Waals surface area contributed by atoms with Crippen LogP contribution in [-0.4, -0.2) is 21.3 Å². The number of nitrogens with zero attached hydrogens (tertiary/aromatic N) is 3. The van der Waals surface area contributed by atoms with Crippen LogP contribution in [0.5, 0.6) is 0 Å². The van der Waals surface area contributed by atoms with Crippen LogP contribution >= 0.6 is 11.6 Å². The van der Waals surface area contributed by atoms with Gasteiger partial charge in [-0.2, -0.15) is 5.10 Å². The van der Waals surface area contributed by atoms with Gasteiger partial charge < -0.3 is 11.1 Å². The van der Waals surface area contributed by atoms with E-state index in [4.69, 9.17) is 17.3 Å². The maximum Gasteiger partial charge on any atom is 0.149 e. The Morgan fingerprint density at radius 3 is 3.06 bits per heavy atom. The summed E-state index contributed by atoms with van der Waals surface area (Å²) in [5.74, 6) is 0.676. The predicted octanol–water partition coefficient (Wildman–Crippen LogP) is 2.02. The van der Waals surface area contributed by atoms with E-state index in [1.54, 1.807) is 18.5 Å². The number of rotatable bonds is 5. The molecule has 0 spiro atoms. The molecule has 0 aliphatic rings. The molecule has 0 aliphatic carbocycles. The smallest absolute Gasteiger partial charge is 0.149 e. The van der Waals surface area contributed by atoms with Gasteiger partial charge in [-0.1, -0.05) is 11.6 Å². The van der Waals surface area contributed by atoms with E-state index >= 15 is 0 Å². The second kappa shape index (κ2) is 5.54. The van der Waals surface area contributed by atoms with Crippen molar-refractivity contribution in [1.82, 2.24) is 14.8 Å². The number of aryl methyl sites for hydroxylation is 1. The molecule has 3 N–H and O–H groups in total. The van der Waals surface area contributed by atoms with Crippen LogP contribution in [-0.2, 0) is 6.54 Å². The minimum atomic E-state index is 0.546. The van der Waals surface area contributed by atoms with Crippen LogP contribution < -0.4 is 11.1 Å². The molecule has 6 heteroatoms. The molecule has 5 nitrogen and oxygen atoms in total. The van der Waals surface area contributed by atoms with Gasteiger partial charge in [0.2, 0.25) is 0 Å². The summed E-state index contributed by atoms with van der Waals surface area (Å²) in [5, 5.41) is 7.83. The van der Waals surface area contributed by atoms with Crippen molar-refractivity contribution in [2.75, 3.05) is 17.6 Å². The van der Waals surface area contributed by atoms with E-state index < -0.39 is 0 Å². The third-order valence-electron chi connectivity index (χ3n) is 2.30. The molecule has 0 amide bonds. The van der Waals surface area contributed by atoms with Crippen molar-refractivity contribution in [3.05, 3.63) is 35.7 Å². The molecule has 2 heterocycles. The van der Waals surface area contributed by atoms with E-state index in [2.05, 4.69) is 15.4 Å². The van der Waals surface area contributed by atoms with Crippen molar-refractivity contribution in [1.29, 1.82) is 0 Å². The average Bonchev–Trinajstić information content (AvgIpc) is 2.79. The van der Waals surface area contributed by atoms with E-state index in [1.807, 2.05) is 16.9 Å². The van der Waals surface area contributed by atoms with Crippen LogP contribution in [0.2, 0.25) is 5.02 Å². The van der Waals surface area contributed by atoms with Crippen molar-refractivity contribution >= 4 is 23.1 Å². The van der Waals surface area contributed by atoms with Gasteiger partial charge in [-0.25, -0.2) is 4.98 Å². The van der Waals surface area contributed by atoms with E-state index in [1.165, 1.54) is 0 Å². The number of halogens is 1. The molecule has 0 bridgehead atoms. The topological polar surface area (TPSA) is 68.8 Å². The van der Waals surface area contributed by atoms with E-state index in [0.717, 1.165) is 19.5 Å². The Labute approximate surface area is 105 Å². The number of nitrogen functional groups attached to an aromatic ring is 1. The highest BCUT2D eigenvalue weighted by Crippen LogP contribution is 2.18. The summed E-state index contributed by atoms with van der Waals surface area (Å²) in [7, 11) is 0. The first-order chi connectivity index (χ1) is 8.25. The molecule has 0 saturated heterocycles. The Hall–Kier alpha value is -1.75. The second-order valence-corrected chi connectivity index (χ2v) is 4.08. The van der Waals surface area contributed by atoms with Gasteiger partial charge in [0, 0.05) is 31.7 Å². The van der Waals surface area contributed by atoms with Crippen molar-refractivity contribution in [3.63, 3.8) is 0 Å². The fourth-order valence-electron chi connectivity index (χ4n) is 1.48. The summed E-state index contributed by atoms with van der Waals surface area (Å²) < 4.78 is 1.89. The summed E-state index contributed by atoms with van der Waals surface area (Å²) in [6.45, 7) is 1.66. The molecule has 0 unspecified atom stereocenters. The predicted molar refractivity (Wildman–Crippen MR) is 69.0 cm³/mol. The molecule has 2 rings (SSSR count). The molecule has 0 atom stereocenters. The highest BCUT2D eigenvalue weighted by Gasteiger charge is 2.00. The first-order valence-corrected chi connectivity index (χ1v) is 5.76. The highest BCUT2D eigenvalue weighted by atomic mass is 35.5. The number of aromatic nitrogens is 3. The maximum absolute atomic E-state index is 5.77. The molecule has 0 fully saturated rings. The Morgan fingerprint density at radius 1 is 1.47 bits per heavy atom. The number of hydrogen-bond acceptors (Lipinski definition) is 4. The van der Waals surface area contributed by atoms with Gasteiger partial charge in [-0.05, 0) is 18.6 Å². The third kappa shape index (κ3) is 3.35. The Kier molecular flexibility index (Phi) is 3.82. The van der Waals surface area contributed by atoms with E-state index in [-0.39, 0.29) is 0 Å². The Bertz CT molecular complexity index is 469. The van der Waals surface area contributed by atoms with Crippen molar-refractivity contribution in [2.24, 2.45) is 0 Å². The summed E-state index contributed by atoms with van der Waals surface area (Å²) >= 11 is 5.76.